The van der Waals surface area contributed by atoms with Crippen LogP contribution in [0.2, 0.25) is 0 Å². The number of aromatic nitrogens is 2. The summed E-state index contributed by atoms with van der Waals surface area (Å²) in [6, 6.07) is 13.7. The van der Waals surface area contributed by atoms with Gasteiger partial charge in [-0.1, -0.05) is 35.6 Å². The highest BCUT2D eigenvalue weighted by molar-refractivity contribution is 14.1. The first-order chi connectivity index (χ1) is 13.5. The molecule has 3 N–H and O–H groups in total. The van der Waals surface area contributed by atoms with Crippen LogP contribution in [0.15, 0.2) is 53.6 Å². The number of aromatic hydroxyl groups is 1. The summed E-state index contributed by atoms with van der Waals surface area (Å²) in [5.41, 5.74) is 3.57. The first-order valence-corrected chi connectivity index (χ1v) is 9.90. The lowest BCUT2D eigenvalue weighted by molar-refractivity contribution is -0.120. The van der Waals surface area contributed by atoms with E-state index in [1.54, 1.807) is 30.3 Å². The molecule has 0 saturated heterocycles. The summed E-state index contributed by atoms with van der Waals surface area (Å²) in [4.78, 5) is 24.2. The van der Waals surface area contributed by atoms with Gasteiger partial charge in [0.25, 0.3) is 5.91 Å². The van der Waals surface area contributed by atoms with Crippen molar-refractivity contribution in [1.82, 2.24) is 15.6 Å². The number of anilines is 1. The van der Waals surface area contributed by atoms with Crippen LogP contribution in [0.25, 0.3) is 0 Å². The van der Waals surface area contributed by atoms with Crippen LogP contribution < -0.4 is 10.7 Å². The molecule has 3 aromatic rings. The molecule has 2 amide bonds. The van der Waals surface area contributed by atoms with Gasteiger partial charge in [0.1, 0.15) is 10.8 Å². The van der Waals surface area contributed by atoms with E-state index in [0.717, 1.165) is 14.9 Å². The molecule has 0 aliphatic heterocycles. The van der Waals surface area contributed by atoms with Crippen molar-refractivity contribution in [2.75, 3.05) is 5.32 Å². The Morgan fingerprint density at radius 1 is 1.18 bits per heavy atom. The number of phenolic OH excluding ortho intramolecular Hbond substituents is 1. The van der Waals surface area contributed by atoms with E-state index >= 15 is 0 Å². The third-order valence-corrected chi connectivity index (χ3v) is 5.17. The van der Waals surface area contributed by atoms with Gasteiger partial charge in [-0.25, -0.2) is 5.43 Å². The fourth-order valence-electron chi connectivity index (χ4n) is 2.15. The van der Waals surface area contributed by atoms with E-state index in [1.165, 1.54) is 12.3 Å². The summed E-state index contributed by atoms with van der Waals surface area (Å²) < 4.78 is 0.825. The number of nitrogens with one attached hydrogen (secondary N) is 2. The van der Waals surface area contributed by atoms with Gasteiger partial charge in [-0.05, 0) is 52.4 Å². The predicted octanol–water partition coefficient (Wildman–Crippen LogP) is 2.79. The number of rotatable bonds is 6. The highest BCUT2D eigenvalue weighted by atomic mass is 127. The zero-order chi connectivity index (χ0) is 19.9. The summed E-state index contributed by atoms with van der Waals surface area (Å²) in [5.74, 6) is -0.542. The summed E-state index contributed by atoms with van der Waals surface area (Å²) in [7, 11) is 0. The van der Waals surface area contributed by atoms with Crippen molar-refractivity contribution in [3.63, 3.8) is 0 Å². The Bertz CT molecular complexity index is 1040. The SMILES string of the molecule is O=C(Cc1nnc(NC(=O)c2ccccc2I)s1)N/N=C\c1cccc(O)c1. The second kappa shape index (κ2) is 9.37. The molecule has 3 rings (SSSR count). The van der Waals surface area contributed by atoms with E-state index in [2.05, 4.69) is 48.6 Å². The molecule has 10 heteroatoms. The van der Waals surface area contributed by atoms with Crippen LogP contribution in [0, 0.1) is 3.57 Å². The topological polar surface area (TPSA) is 117 Å². The minimum Gasteiger partial charge on any atom is -0.508 e. The Hall–Kier alpha value is -2.86. The molecule has 0 fully saturated rings. The maximum atomic E-state index is 12.3. The standard InChI is InChI=1S/C18H14IN5O3S/c19-14-7-2-1-6-13(14)17(27)21-18-24-23-16(28-18)9-15(26)22-20-10-11-4-3-5-12(25)8-11/h1-8,10,25H,9H2,(H,22,26)(H,21,24,27)/b20-10-. The van der Waals surface area contributed by atoms with Gasteiger partial charge >= 0.3 is 0 Å². The van der Waals surface area contributed by atoms with E-state index in [-0.39, 0.29) is 24.0 Å². The van der Waals surface area contributed by atoms with E-state index in [1.807, 2.05) is 12.1 Å². The van der Waals surface area contributed by atoms with Crippen molar-refractivity contribution in [2.45, 2.75) is 6.42 Å². The van der Waals surface area contributed by atoms with Crippen LogP contribution in [0.4, 0.5) is 5.13 Å². The molecule has 0 unspecified atom stereocenters. The number of hydrogen-bond acceptors (Lipinski definition) is 7. The van der Waals surface area contributed by atoms with Gasteiger partial charge in [0.2, 0.25) is 11.0 Å². The van der Waals surface area contributed by atoms with E-state index in [0.29, 0.717) is 21.3 Å². The summed E-state index contributed by atoms with van der Waals surface area (Å²) in [6.07, 6.45) is 1.40. The van der Waals surface area contributed by atoms with E-state index in [9.17, 15) is 14.7 Å². The maximum absolute atomic E-state index is 12.3. The Labute approximate surface area is 177 Å². The lowest BCUT2D eigenvalue weighted by Crippen LogP contribution is -2.19. The second-order valence-corrected chi connectivity index (χ2v) is 7.72. The molecule has 28 heavy (non-hydrogen) atoms. The number of halogens is 1. The minimum absolute atomic E-state index is 0.0201. The van der Waals surface area contributed by atoms with Crippen molar-refractivity contribution in [3.05, 3.63) is 68.2 Å². The molecule has 0 aliphatic carbocycles. The van der Waals surface area contributed by atoms with Gasteiger partial charge in [0.15, 0.2) is 0 Å². The van der Waals surface area contributed by atoms with E-state index < -0.39 is 0 Å². The number of carbonyl (C=O) groups excluding carboxylic acids is 2. The average molecular weight is 507 g/mol. The number of hydrazone groups is 1. The molecule has 1 aromatic heterocycles. The molecule has 1 heterocycles. The van der Waals surface area contributed by atoms with Gasteiger partial charge in [-0.15, -0.1) is 10.2 Å². The molecule has 0 radical (unpaired) electrons. The Kier molecular flexibility index (Phi) is 6.66. The fourth-order valence-corrected chi connectivity index (χ4v) is 3.51. The highest BCUT2D eigenvalue weighted by Gasteiger charge is 2.14. The highest BCUT2D eigenvalue weighted by Crippen LogP contribution is 2.18. The largest absolute Gasteiger partial charge is 0.508 e. The molecule has 142 valence electrons. The molecule has 0 aliphatic rings. The normalized spacial score (nSPS) is 10.8. The lowest BCUT2D eigenvalue weighted by Gasteiger charge is -2.02. The Morgan fingerprint density at radius 3 is 2.79 bits per heavy atom. The minimum atomic E-state index is -0.372. The monoisotopic (exact) mass is 507 g/mol. The number of carbonyl (C=O) groups is 2. The van der Waals surface area contributed by atoms with Gasteiger partial charge in [-0.3, -0.25) is 14.9 Å². The van der Waals surface area contributed by atoms with Gasteiger partial charge in [0, 0.05) is 3.57 Å². The molecular formula is C18H14IN5O3S. The van der Waals surface area contributed by atoms with Crippen LogP contribution in [-0.2, 0) is 11.2 Å². The van der Waals surface area contributed by atoms with Crippen LogP contribution >= 0.6 is 33.9 Å². The van der Waals surface area contributed by atoms with Crippen LogP contribution in [0.5, 0.6) is 5.75 Å². The predicted molar refractivity (Wildman–Crippen MR) is 115 cm³/mol. The van der Waals surface area contributed by atoms with Crippen molar-refractivity contribution in [1.29, 1.82) is 0 Å². The van der Waals surface area contributed by atoms with Crippen molar-refractivity contribution in [3.8, 4) is 5.75 Å². The zero-order valence-electron chi connectivity index (χ0n) is 14.3. The van der Waals surface area contributed by atoms with Gasteiger partial charge in [-0.2, -0.15) is 5.10 Å². The summed E-state index contributed by atoms with van der Waals surface area (Å²) in [5, 5.41) is 24.5. The van der Waals surface area contributed by atoms with Crippen LogP contribution in [0.1, 0.15) is 20.9 Å². The zero-order valence-corrected chi connectivity index (χ0v) is 17.3. The number of phenols is 1. The van der Waals surface area contributed by atoms with Crippen molar-refractivity contribution >= 4 is 57.1 Å². The fraction of sp³-hybridized carbons (Fsp3) is 0.0556. The van der Waals surface area contributed by atoms with E-state index in [4.69, 9.17) is 0 Å². The number of amides is 2. The number of benzene rings is 2. The summed E-state index contributed by atoms with van der Waals surface area (Å²) in [6.45, 7) is 0. The molecule has 8 nitrogen and oxygen atoms in total. The van der Waals surface area contributed by atoms with Crippen LogP contribution in [0.3, 0.4) is 0 Å². The number of hydrogen-bond donors (Lipinski definition) is 3. The summed E-state index contributed by atoms with van der Waals surface area (Å²) >= 11 is 3.20. The maximum Gasteiger partial charge on any atom is 0.258 e. The quantitative estimate of drug-likeness (QED) is 0.270. The molecule has 0 atom stereocenters. The van der Waals surface area contributed by atoms with Crippen LogP contribution in [-0.4, -0.2) is 33.3 Å². The smallest absolute Gasteiger partial charge is 0.258 e. The van der Waals surface area contributed by atoms with Gasteiger partial charge < -0.3 is 5.11 Å². The molecule has 0 saturated carbocycles. The van der Waals surface area contributed by atoms with Crippen molar-refractivity contribution in [2.24, 2.45) is 5.10 Å². The third kappa shape index (κ3) is 5.57. The van der Waals surface area contributed by atoms with Crippen molar-refractivity contribution < 1.29 is 14.7 Å². The van der Waals surface area contributed by atoms with Gasteiger partial charge in [0.05, 0.1) is 18.2 Å². The lowest BCUT2D eigenvalue weighted by atomic mass is 10.2. The Morgan fingerprint density at radius 2 is 2.00 bits per heavy atom. The first kappa shape index (κ1) is 19.9. The molecular weight excluding hydrogens is 493 g/mol. The Balaban J connectivity index is 1.53. The third-order valence-electron chi connectivity index (χ3n) is 3.39. The second-order valence-electron chi connectivity index (χ2n) is 5.50. The molecule has 2 aromatic carbocycles. The molecule has 0 bridgehead atoms. The first-order valence-electron chi connectivity index (χ1n) is 8.00. The average Bonchev–Trinajstić information content (AvgIpc) is 3.08. The molecule has 0 spiro atoms. The number of nitrogens with zero attached hydrogens (tertiary/aromatic N) is 3.